The zero-order valence-corrected chi connectivity index (χ0v) is 15.4. The second kappa shape index (κ2) is 6.23. The number of hydrogen-bond donors (Lipinski definition) is 0. The number of esters is 1. The Bertz CT molecular complexity index is 744. The Kier molecular flexibility index (Phi) is 4.14. The van der Waals surface area contributed by atoms with E-state index in [2.05, 4.69) is 0 Å². The molecule has 3 aliphatic rings. The predicted octanol–water partition coefficient (Wildman–Crippen LogP) is 2.73. The lowest BCUT2D eigenvalue weighted by Gasteiger charge is -2.27. The van der Waals surface area contributed by atoms with Crippen LogP contribution < -0.4 is 0 Å². The Balaban J connectivity index is 1.58. The van der Waals surface area contributed by atoms with E-state index in [0.717, 1.165) is 5.56 Å². The number of nitrogens with zero attached hydrogens (tertiary/aromatic N) is 1. The van der Waals surface area contributed by atoms with Crippen molar-refractivity contribution < 1.29 is 19.1 Å². The molecule has 1 amide bonds. The molecule has 1 spiro atoms. The second-order valence-corrected chi connectivity index (χ2v) is 7.98. The van der Waals surface area contributed by atoms with Gasteiger partial charge in [0.25, 0.3) is 0 Å². The second-order valence-electron chi connectivity index (χ2n) is 7.98. The van der Waals surface area contributed by atoms with Crippen LogP contribution in [0.1, 0.15) is 32.4 Å². The number of likely N-dealkylation sites (tertiary alicyclic amines) is 1. The van der Waals surface area contributed by atoms with Crippen LogP contribution in [0.15, 0.2) is 42.5 Å². The van der Waals surface area contributed by atoms with Gasteiger partial charge in [0.15, 0.2) is 0 Å². The Morgan fingerprint density at radius 3 is 2.73 bits per heavy atom. The number of fused-ring (bicyclic) bond motifs is 1. The van der Waals surface area contributed by atoms with Gasteiger partial charge in [-0.05, 0) is 18.4 Å². The minimum Gasteiger partial charge on any atom is -0.465 e. The van der Waals surface area contributed by atoms with E-state index in [9.17, 15) is 9.59 Å². The molecule has 2 bridgehead atoms. The molecule has 1 aromatic rings. The molecule has 2 saturated heterocycles. The molecule has 3 heterocycles. The molecule has 2 fully saturated rings. The summed E-state index contributed by atoms with van der Waals surface area (Å²) in [6.45, 7) is 6.86. The minimum absolute atomic E-state index is 0.0142. The zero-order chi connectivity index (χ0) is 18.5. The molecule has 1 aromatic carbocycles. The minimum atomic E-state index is -0.688. The van der Waals surface area contributed by atoms with Gasteiger partial charge in [0, 0.05) is 0 Å². The first-order valence-electron chi connectivity index (χ1n) is 9.32. The van der Waals surface area contributed by atoms with E-state index in [1.807, 2.05) is 68.2 Å². The van der Waals surface area contributed by atoms with Crippen molar-refractivity contribution in [3.63, 3.8) is 0 Å². The van der Waals surface area contributed by atoms with E-state index in [4.69, 9.17) is 9.47 Å². The number of carbonyl (C=O) groups is 2. The first-order valence-corrected chi connectivity index (χ1v) is 9.32. The van der Waals surface area contributed by atoms with Crippen LogP contribution in [-0.4, -0.2) is 41.6 Å². The number of amides is 1. The van der Waals surface area contributed by atoms with Crippen molar-refractivity contribution in [2.75, 3.05) is 13.2 Å². The van der Waals surface area contributed by atoms with Crippen molar-refractivity contribution in [1.82, 2.24) is 4.90 Å². The average Bonchev–Trinajstić information content (AvgIpc) is 3.28. The van der Waals surface area contributed by atoms with Gasteiger partial charge in [-0.1, -0.05) is 56.3 Å². The molecule has 138 valence electrons. The zero-order valence-electron chi connectivity index (χ0n) is 15.4. The smallest absolute Gasteiger partial charge is 0.312 e. The lowest BCUT2D eigenvalue weighted by atomic mass is 9.77. The Morgan fingerprint density at radius 1 is 1.31 bits per heavy atom. The molecular formula is C21H25NO4. The lowest BCUT2D eigenvalue weighted by Crippen LogP contribution is -2.40. The molecule has 0 aromatic heterocycles. The van der Waals surface area contributed by atoms with Crippen LogP contribution >= 0.6 is 0 Å². The van der Waals surface area contributed by atoms with Crippen LogP contribution in [0.5, 0.6) is 0 Å². The van der Waals surface area contributed by atoms with Gasteiger partial charge in [0.1, 0.15) is 11.5 Å². The maximum absolute atomic E-state index is 13.2. The van der Waals surface area contributed by atoms with Crippen molar-refractivity contribution in [2.24, 2.45) is 17.8 Å². The molecular weight excluding hydrogens is 330 g/mol. The van der Waals surface area contributed by atoms with Crippen molar-refractivity contribution in [3.05, 3.63) is 48.0 Å². The maximum atomic E-state index is 13.2. The number of ether oxygens (including phenoxy) is 2. The van der Waals surface area contributed by atoms with Crippen LogP contribution in [-0.2, 0) is 19.1 Å². The third kappa shape index (κ3) is 2.57. The van der Waals surface area contributed by atoms with Gasteiger partial charge in [-0.15, -0.1) is 0 Å². The van der Waals surface area contributed by atoms with Gasteiger partial charge < -0.3 is 14.4 Å². The monoisotopic (exact) mass is 355 g/mol. The summed E-state index contributed by atoms with van der Waals surface area (Å²) in [4.78, 5) is 27.7. The van der Waals surface area contributed by atoms with E-state index in [1.54, 1.807) is 0 Å². The Labute approximate surface area is 154 Å². The summed E-state index contributed by atoms with van der Waals surface area (Å²) in [5.74, 6) is -1.10. The quantitative estimate of drug-likeness (QED) is 0.602. The van der Waals surface area contributed by atoms with Crippen molar-refractivity contribution in [3.8, 4) is 0 Å². The molecule has 5 heteroatoms. The van der Waals surface area contributed by atoms with E-state index in [0.29, 0.717) is 13.2 Å². The van der Waals surface area contributed by atoms with E-state index >= 15 is 0 Å². The molecule has 5 nitrogen and oxygen atoms in total. The number of benzene rings is 1. The molecule has 5 unspecified atom stereocenters. The summed E-state index contributed by atoms with van der Waals surface area (Å²) in [7, 11) is 0. The lowest BCUT2D eigenvalue weighted by molar-refractivity contribution is -0.155. The summed E-state index contributed by atoms with van der Waals surface area (Å²) < 4.78 is 11.6. The fraction of sp³-hybridized carbons (Fsp3) is 0.524. The number of rotatable bonds is 5. The Morgan fingerprint density at radius 2 is 2.04 bits per heavy atom. The summed E-state index contributed by atoms with van der Waals surface area (Å²) >= 11 is 0. The standard InChI is InChI=1S/C21H25NO4/c1-13(2)11-25-20(24)17-16-9-10-21(26-16)12-22(19(23)18(17)21)14(3)15-7-5-4-6-8-15/h4-10,13-14,16-18H,11-12H2,1-3H3. The molecule has 3 aliphatic heterocycles. The van der Waals surface area contributed by atoms with Crippen LogP contribution in [0, 0.1) is 17.8 Å². The van der Waals surface area contributed by atoms with Crippen molar-refractivity contribution >= 4 is 11.9 Å². The maximum Gasteiger partial charge on any atom is 0.312 e. The summed E-state index contributed by atoms with van der Waals surface area (Å²) in [6, 6.07) is 9.88. The first-order chi connectivity index (χ1) is 12.4. The predicted molar refractivity (Wildman–Crippen MR) is 96.1 cm³/mol. The molecule has 0 radical (unpaired) electrons. The van der Waals surface area contributed by atoms with Gasteiger partial charge in [0.2, 0.25) is 5.91 Å². The Hall–Kier alpha value is -2.14. The highest BCUT2D eigenvalue weighted by Gasteiger charge is 2.67. The van der Waals surface area contributed by atoms with Crippen LogP contribution in [0.3, 0.4) is 0 Å². The third-order valence-corrected chi connectivity index (χ3v) is 5.71. The first kappa shape index (κ1) is 17.3. The highest BCUT2D eigenvalue weighted by molar-refractivity contribution is 5.91. The van der Waals surface area contributed by atoms with E-state index < -0.39 is 17.4 Å². The SMILES string of the molecule is CC(C)COC(=O)C1C2C=CC3(CN(C(C)c4ccccc4)C(=O)C13)O2. The van der Waals surface area contributed by atoms with Gasteiger partial charge in [0.05, 0.1) is 31.2 Å². The van der Waals surface area contributed by atoms with Crippen LogP contribution in [0.4, 0.5) is 0 Å². The van der Waals surface area contributed by atoms with Crippen molar-refractivity contribution in [1.29, 1.82) is 0 Å². The third-order valence-electron chi connectivity index (χ3n) is 5.71. The van der Waals surface area contributed by atoms with Crippen molar-refractivity contribution in [2.45, 2.75) is 38.5 Å². The normalized spacial score (nSPS) is 33.0. The molecule has 0 N–H and O–H groups in total. The highest BCUT2D eigenvalue weighted by Crippen LogP contribution is 2.53. The molecule has 0 saturated carbocycles. The topological polar surface area (TPSA) is 55.8 Å². The van der Waals surface area contributed by atoms with Gasteiger partial charge in [-0.2, -0.15) is 0 Å². The van der Waals surface area contributed by atoms with E-state index in [-0.39, 0.29) is 29.9 Å². The summed E-state index contributed by atoms with van der Waals surface area (Å²) in [5.41, 5.74) is 0.390. The van der Waals surface area contributed by atoms with Crippen LogP contribution in [0.25, 0.3) is 0 Å². The molecule has 26 heavy (non-hydrogen) atoms. The molecule has 5 atom stereocenters. The van der Waals surface area contributed by atoms with Gasteiger partial charge in [-0.25, -0.2) is 0 Å². The van der Waals surface area contributed by atoms with E-state index in [1.165, 1.54) is 0 Å². The molecule has 4 rings (SSSR count). The van der Waals surface area contributed by atoms with Crippen LogP contribution in [0.2, 0.25) is 0 Å². The summed E-state index contributed by atoms with van der Waals surface area (Å²) in [6.07, 6.45) is 3.55. The number of hydrogen-bond acceptors (Lipinski definition) is 4. The number of carbonyl (C=O) groups excluding carboxylic acids is 2. The average molecular weight is 355 g/mol. The van der Waals surface area contributed by atoms with Gasteiger partial charge >= 0.3 is 5.97 Å². The summed E-state index contributed by atoms with van der Waals surface area (Å²) in [5, 5.41) is 0. The largest absolute Gasteiger partial charge is 0.465 e. The fourth-order valence-corrected chi connectivity index (χ4v) is 4.38. The fourth-order valence-electron chi connectivity index (χ4n) is 4.38. The molecule has 0 aliphatic carbocycles. The highest BCUT2D eigenvalue weighted by atomic mass is 16.6. The van der Waals surface area contributed by atoms with Gasteiger partial charge in [-0.3, -0.25) is 9.59 Å².